The number of rotatable bonds is 8. The van der Waals surface area contributed by atoms with Crippen LogP contribution in [0.1, 0.15) is 13.8 Å². The minimum atomic E-state index is -0.838. The van der Waals surface area contributed by atoms with Crippen LogP contribution in [-0.4, -0.2) is 31.3 Å². The maximum Gasteiger partial charge on any atom is 0.315 e. The minimum Gasteiger partial charge on any atom is -0.488 e. The van der Waals surface area contributed by atoms with Gasteiger partial charge in [0, 0.05) is 12.1 Å². The SMILES string of the molecule is C[C@@H](COc1ccc(F)cc1F)NC(=O)N[C@@H](C)COc1ccc(F)cc1F. The molecule has 0 heterocycles. The Balaban J connectivity index is 1.72. The Bertz CT molecular complexity index is 754. The molecule has 0 aliphatic rings. The summed E-state index contributed by atoms with van der Waals surface area (Å²) in [5.41, 5.74) is 0. The molecule has 9 heteroatoms. The average molecular weight is 400 g/mol. The van der Waals surface area contributed by atoms with Gasteiger partial charge in [-0.05, 0) is 38.1 Å². The van der Waals surface area contributed by atoms with Gasteiger partial charge in [0.25, 0.3) is 0 Å². The number of amides is 2. The van der Waals surface area contributed by atoms with Gasteiger partial charge >= 0.3 is 6.03 Å². The first-order valence-corrected chi connectivity index (χ1v) is 8.47. The van der Waals surface area contributed by atoms with Gasteiger partial charge in [0.05, 0.1) is 12.1 Å². The molecular weight excluding hydrogens is 380 g/mol. The molecule has 0 bridgehead atoms. The van der Waals surface area contributed by atoms with E-state index in [4.69, 9.17) is 9.47 Å². The van der Waals surface area contributed by atoms with Crippen molar-refractivity contribution in [2.24, 2.45) is 0 Å². The number of halogens is 4. The molecule has 2 aromatic carbocycles. The Kier molecular flexibility index (Phi) is 7.48. The molecule has 2 amide bonds. The summed E-state index contributed by atoms with van der Waals surface area (Å²) in [5, 5.41) is 5.16. The molecule has 2 rings (SSSR count). The summed E-state index contributed by atoms with van der Waals surface area (Å²) in [7, 11) is 0. The van der Waals surface area contributed by atoms with Gasteiger partial charge in [-0.1, -0.05) is 0 Å². The topological polar surface area (TPSA) is 59.6 Å². The number of carbonyl (C=O) groups excluding carboxylic acids is 1. The predicted octanol–water partition coefficient (Wildman–Crippen LogP) is 3.78. The molecule has 0 fully saturated rings. The van der Waals surface area contributed by atoms with Crippen LogP contribution in [0.4, 0.5) is 22.4 Å². The lowest BCUT2D eigenvalue weighted by atomic mass is 10.3. The average Bonchev–Trinajstić information content (AvgIpc) is 2.60. The fraction of sp³-hybridized carbons (Fsp3) is 0.316. The Labute approximate surface area is 159 Å². The fourth-order valence-electron chi connectivity index (χ4n) is 2.19. The largest absolute Gasteiger partial charge is 0.488 e. The standard InChI is InChI=1S/C19H20F4N2O3/c1-11(9-27-17-5-3-13(20)7-15(17)22)24-19(26)25-12(2)10-28-18-6-4-14(21)8-16(18)23/h3-8,11-12H,9-10H2,1-2H3,(H2,24,25,26)/t11-,12-/m0/s1. The lowest BCUT2D eigenvalue weighted by molar-refractivity contribution is 0.212. The van der Waals surface area contributed by atoms with Gasteiger partial charge in [0.15, 0.2) is 23.1 Å². The molecule has 152 valence electrons. The highest BCUT2D eigenvalue weighted by Gasteiger charge is 2.14. The summed E-state index contributed by atoms with van der Waals surface area (Å²) >= 11 is 0. The first-order chi connectivity index (χ1) is 13.2. The molecule has 0 saturated heterocycles. The van der Waals surface area contributed by atoms with E-state index in [2.05, 4.69) is 10.6 Å². The summed E-state index contributed by atoms with van der Waals surface area (Å²) in [5.74, 6) is -3.36. The zero-order valence-corrected chi connectivity index (χ0v) is 15.3. The molecule has 0 radical (unpaired) electrons. The lowest BCUT2D eigenvalue weighted by Gasteiger charge is -2.19. The quantitative estimate of drug-likeness (QED) is 0.663. The third-order valence-electron chi connectivity index (χ3n) is 3.52. The van der Waals surface area contributed by atoms with Gasteiger partial charge in [-0.25, -0.2) is 22.4 Å². The van der Waals surface area contributed by atoms with Gasteiger partial charge in [0.2, 0.25) is 0 Å². The summed E-state index contributed by atoms with van der Waals surface area (Å²) in [6, 6.07) is 4.35. The van der Waals surface area contributed by atoms with E-state index in [1.54, 1.807) is 13.8 Å². The number of carbonyl (C=O) groups is 1. The van der Waals surface area contributed by atoms with Crippen molar-refractivity contribution in [3.63, 3.8) is 0 Å². The zero-order chi connectivity index (χ0) is 20.7. The normalized spacial score (nSPS) is 12.8. The third-order valence-corrected chi connectivity index (χ3v) is 3.52. The van der Waals surface area contributed by atoms with E-state index < -0.39 is 41.4 Å². The van der Waals surface area contributed by atoms with Crippen LogP contribution in [-0.2, 0) is 0 Å². The second kappa shape index (κ2) is 9.82. The second-order valence-corrected chi connectivity index (χ2v) is 6.19. The van der Waals surface area contributed by atoms with E-state index >= 15 is 0 Å². The monoisotopic (exact) mass is 400 g/mol. The Morgan fingerprint density at radius 1 is 0.821 bits per heavy atom. The van der Waals surface area contributed by atoms with Crippen molar-refractivity contribution in [3.8, 4) is 11.5 Å². The molecule has 28 heavy (non-hydrogen) atoms. The Morgan fingerprint density at radius 2 is 1.21 bits per heavy atom. The van der Waals surface area contributed by atoms with Crippen molar-refractivity contribution >= 4 is 6.03 Å². The van der Waals surface area contributed by atoms with Crippen LogP contribution >= 0.6 is 0 Å². The molecular formula is C19H20F4N2O3. The zero-order valence-electron chi connectivity index (χ0n) is 15.3. The maximum atomic E-state index is 13.5. The van der Waals surface area contributed by atoms with E-state index in [1.807, 2.05) is 0 Å². The summed E-state index contributed by atoms with van der Waals surface area (Å²) in [4.78, 5) is 11.9. The van der Waals surface area contributed by atoms with Gasteiger partial charge in [-0.15, -0.1) is 0 Å². The van der Waals surface area contributed by atoms with Crippen molar-refractivity contribution in [1.29, 1.82) is 0 Å². The fourth-order valence-corrected chi connectivity index (χ4v) is 2.19. The summed E-state index contributed by atoms with van der Waals surface area (Å²) < 4.78 is 63.1. The van der Waals surface area contributed by atoms with Crippen LogP contribution in [0.25, 0.3) is 0 Å². The van der Waals surface area contributed by atoms with Crippen molar-refractivity contribution in [1.82, 2.24) is 10.6 Å². The molecule has 0 spiro atoms. The van der Waals surface area contributed by atoms with Crippen LogP contribution < -0.4 is 20.1 Å². The third kappa shape index (κ3) is 6.64. The highest BCUT2D eigenvalue weighted by Crippen LogP contribution is 2.18. The molecule has 5 nitrogen and oxygen atoms in total. The van der Waals surface area contributed by atoms with Gasteiger partial charge in [-0.2, -0.15) is 0 Å². The van der Waals surface area contributed by atoms with E-state index in [9.17, 15) is 22.4 Å². The highest BCUT2D eigenvalue weighted by molar-refractivity contribution is 5.74. The Hall–Kier alpha value is -2.97. The number of ether oxygens (including phenoxy) is 2. The molecule has 2 atom stereocenters. The summed E-state index contributed by atoms with van der Waals surface area (Å²) in [6.45, 7) is 3.19. The van der Waals surface area contributed by atoms with Crippen molar-refractivity contribution in [2.45, 2.75) is 25.9 Å². The number of benzene rings is 2. The van der Waals surface area contributed by atoms with Crippen LogP contribution in [0, 0.1) is 23.3 Å². The molecule has 0 unspecified atom stereocenters. The minimum absolute atomic E-state index is 0.0400. The van der Waals surface area contributed by atoms with Gasteiger partial charge in [0.1, 0.15) is 24.8 Å². The highest BCUT2D eigenvalue weighted by atomic mass is 19.1. The Morgan fingerprint density at radius 3 is 1.57 bits per heavy atom. The molecule has 0 aliphatic carbocycles. The molecule has 2 N–H and O–H groups in total. The smallest absolute Gasteiger partial charge is 0.315 e. The maximum absolute atomic E-state index is 13.5. The van der Waals surface area contributed by atoms with Gasteiger partial charge in [-0.3, -0.25) is 0 Å². The molecule has 0 saturated carbocycles. The molecule has 0 aromatic heterocycles. The molecule has 0 aliphatic heterocycles. The predicted molar refractivity (Wildman–Crippen MR) is 94.3 cm³/mol. The van der Waals surface area contributed by atoms with E-state index in [0.717, 1.165) is 24.3 Å². The van der Waals surface area contributed by atoms with E-state index in [0.29, 0.717) is 12.1 Å². The van der Waals surface area contributed by atoms with Gasteiger partial charge < -0.3 is 20.1 Å². The number of hydrogen-bond acceptors (Lipinski definition) is 3. The van der Waals surface area contributed by atoms with E-state index in [1.165, 1.54) is 0 Å². The van der Waals surface area contributed by atoms with Crippen LogP contribution in [0.3, 0.4) is 0 Å². The van der Waals surface area contributed by atoms with Crippen LogP contribution in [0.5, 0.6) is 11.5 Å². The first kappa shape index (κ1) is 21.3. The first-order valence-electron chi connectivity index (χ1n) is 8.47. The van der Waals surface area contributed by atoms with E-state index in [-0.39, 0.29) is 24.7 Å². The van der Waals surface area contributed by atoms with Crippen molar-refractivity contribution in [3.05, 3.63) is 59.7 Å². The summed E-state index contributed by atoms with van der Waals surface area (Å²) in [6.07, 6.45) is 0. The van der Waals surface area contributed by atoms with Crippen molar-refractivity contribution in [2.75, 3.05) is 13.2 Å². The van der Waals surface area contributed by atoms with Crippen molar-refractivity contribution < 1.29 is 31.8 Å². The molecule has 2 aromatic rings. The number of hydrogen-bond donors (Lipinski definition) is 2. The number of urea groups is 1. The lowest BCUT2D eigenvalue weighted by Crippen LogP contribution is -2.47. The van der Waals surface area contributed by atoms with Crippen LogP contribution in [0.15, 0.2) is 36.4 Å². The number of nitrogens with one attached hydrogen (secondary N) is 2. The second-order valence-electron chi connectivity index (χ2n) is 6.19. The van der Waals surface area contributed by atoms with Crippen LogP contribution in [0.2, 0.25) is 0 Å².